The fourth-order valence-corrected chi connectivity index (χ4v) is 1.69. The number of benzene rings is 2. The molecule has 0 heterocycles. The van der Waals surface area contributed by atoms with Crippen molar-refractivity contribution in [1.29, 1.82) is 10.5 Å². The van der Waals surface area contributed by atoms with Crippen LogP contribution in [-0.4, -0.2) is 0 Å². The molecule has 0 fully saturated rings. The second kappa shape index (κ2) is 4.26. The molecule has 0 N–H and O–H groups in total. The molecule has 4 nitrogen and oxygen atoms in total. The summed E-state index contributed by atoms with van der Waals surface area (Å²) in [7, 11) is 0. The quantitative estimate of drug-likeness (QED) is 0.645. The SMILES string of the molecule is [C-]#[N+]c1cc2cc([N+]#[C-])c(C#N)cc2cc1C#N. The van der Waals surface area contributed by atoms with Gasteiger partial charge in [-0.1, -0.05) is 0 Å². The van der Waals surface area contributed by atoms with Crippen molar-refractivity contribution in [1.82, 2.24) is 0 Å². The smallest absolute Gasteiger partial charge is 0.205 e. The summed E-state index contributed by atoms with van der Waals surface area (Å²) in [6.07, 6.45) is 0. The van der Waals surface area contributed by atoms with E-state index in [1.165, 1.54) is 0 Å². The molecule has 0 saturated carbocycles. The van der Waals surface area contributed by atoms with E-state index in [-0.39, 0.29) is 22.5 Å². The van der Waals surface area contributed by atoms with E-state index in [1.54, 1.807) is 24.3 Å². The Kier molecular flexibility index (Phi) is 2.64. The van der Waals surface area contributed by atoms with Crippen molar-refractivity contribution >= 4 is 22.1 Å². The summed E-state index contributed by atoms with van der Waals surface area (Å²) in [5, 5.41) is 19.2. The van der Waals surface area contributed by atoms with Crippen molar-refractivity contribution in [3.05, 3.63) is 58.2 Å². The minimum absolute atomic E-state index is 0.255. The van der Waals surface area contributed by atoms with Gasteiger partial charge in [0.2, 0.25) is 11.4 Å². The summed E-state index contributed by atoms with van der Waals surface area (Å²) in [4.78, 5) is 6.55. The van der Waals surface area contributed by atoms with Gasteiger partial charge in [0, 0.05) is 0 Å². The van der Waals surface area contributed by atoms with Gasteiger partial charge in [-0.3, -0.25) is 0 Å². The standard InChI is InChI=1S/C14H4N4/c1-17-13-5-10-6-14(18-2)12(8-16)4-9(10)3-11(13)7-15/h3-6H. The van der Waals surface area contributed by atoms with Crippen LogP contribution in [0.1, 0.15) is 11.1 Å². The van der Waals surface area contributed by atoms with Crippen LogP contribution in [0.15, 0.2) is 24.3 Å². The third-order valence-corrected chi connectivity index (χ3v) is 2.55. The van der Waals surface area contributed by atoms with Gasteiger partial charge in [-0.05, 0) is 35.0 Å². The van der Waals surface area contributed by atoms with E-state index in [0.29, 0.717) is 10.8 Å². The van der Waals surface area contributed by atoms with Crippen LogP contribution in [0.25, 0.3) is 20.5 Å². The van der Waals surface area contributed by atoms with Crippen molar-refractivity contribution in [3.63, 3.8) is 0 Å². The molecule has 0 saturated heterocycles. The van der Waals surface area contributed by atoms with E-state index in [0.717, 1.165) is 0 Å². The molecule has 18 heavy (non-hydrogen) atoms. The zero-order chi connectivity index (χ0) is 13.1. The van der Waals surface area contributed by atoms with Crippen molar-refractivity contribution in [2.24, 2.45) is 0 Å². The molecule has 2 aromatic carbocycles. The lowest BCUT2D eigenvalue weighted by molar-refractivity contribution is 1.49. The summed E-state index contributed by atoms with van der Waals surface area (Å²) in [5.74, 6) is 0. The van der Waals surface area contributed by atoms with Gasteiger partial charge in [-0.25, -0.2) is 9.69 Å². The molecule has 0 aliphatic carbocycles. The maximum absolute atomic E-state index is 8.93. The molecule has 0 aromatic heterocycles. The second-order valence-electron chi connectivity index (χ2n) is 3.53. The Balaban J connectivity index is 2.90. The summed E-state index contributed by atoms with van der Waals surface area (Å²) in [5.41, 5.74) is 1.06. The average molecular weight is 228 g/mol. The highest BCUT2D eigenvalue weighted by Crippen LogP contribution is 2.31. The Hall–Kier alpha value is -3.34. The zero-order valence-electron chi connectivity index (χ0n) is 9.10. The van der Waals surface area contributed by atoms with Gasteiger partial charge in [0.25, 0.3) is 0 Å². The van der Waals surface area contributed by atoms with Crippen LogP contribution in [0.3, 0.4) is 0 Å². The number of nitrogens with zero attached hydrogens (tertiary/aromatic N) is 4. The first-order valence-corrected chi connectivity index (χ1v) is 4.90. The molecule has 80 valence electrons. The Bertz CT molecular complexity index is 683. The van der Waals surface area contributed by atoms with Gasteiger partial charge < -0.3 is 0 Å². The fraction of sp³-hybridized carbons (Fsp3) is 0. The highest BCUT2D eigenvalue weighted by molar-refractivity contribution is 5.93. The topological polar surface area (TPSA) is 56.3 Å². The van der Waals surface area contributed by atoms with Gasteiger partial charge >= 0.3 is 0 Å². The first-order chi connectivity index (χ1) is 8.73. The number of hydrogen-bond acceptors (Lipinski definition) is 2. The van der Waals surface area contributed by atoms with Crippen LogP contribution in [0.2, 0.25) is 0 Å². The summed E-state index contributed by atoms with van der Waals surface area (Å²) < 4.78 is 0. The lowest BCUT2D eigenvalue weighted by Gasteiger charge is -2.03. The molecule has 0 spiro atoms. The van der Waals surface area contributed by atoms with Gasteiger partial charge in [0.05, 0.1) is 36.4 Å². The largest absolute Gasteiger partial charge is 0.237 e. The second-order valence-corrected chi connectivity index (χ2v) is 3.53. The fourth-order valence-electron chi connectivity index (χ4n) is 1.69. The Morgan fingerprint density at radius 1 is 0.778 bits per heavy atom. The van der Waals surface area contributed by atoms with Crippen LogP contribution < -0.4 is 0 Å². The van der Waals surface area contributed by atoms with E-state index in [2.05, 4.69) is 9.69 Å². The van der Waals surface area contributed by atoms with E-state index in [9.17, 15) is 0 Å². The van der Waals surface area contributed by atoms with Crippen LogP contribution in [0, 0.1) is 35.8 Å². The lowest BCUT2D eigenvalue weighted by atomic mass is 10.0. The van der Waals surface area contributed by atoms with Gasteiger partial charge in [-0.2, -0.15) is 10.5 Å². The molecule has 0 bridgehead atoms. The number of rotatable bonds is 0. The molecule has 4 heteroatoms. The van der Waals surface area contributed by atoms with E-state index >= 15 is 0 Å². The first-order valence-electron chi connectivity index (χ1n) is 4.90. The monoisotopic (exact) mass is 228 g/mol. The van der Waals surface area contributed by atoms with E-state index in [4.69, 9.17) is 23.7 Å². The predicted molar refractivity (Wildman–Crippen MR) is 65.9 cm³/mol. The van der Waals surface area contributed by atoms with Gasteiger partial charge in [0.15, 0.2) is 0 Å². The summed E-state index contributed by atoms with van der Waals surface area (Å²) in [6.45, 7) is 14.0. The summed E-state index contributed by atoms with van der Waals surface area (Å²) >= 11 is 0. The van der Waals surface area contributed by atoms with E-state index < -0.39 is 0 Å². The maximum Gasteiger partial charge on any atom is 0.205 e. The minimum Gasteiger partial charge on any atom is -0.237 e. The number of nitriles is 2. The molecular formula is C14H4N4. The summed E-state index contributed by atoms with van der Waals surface area (Å²) in [6, 6.07) is 10.2. The van der Waals surface area contributed by atoms with Gasteiger partial charge in [-0.15, -0.1) is 0 Å². The minimum atomic E-state index is 0.255. The van der Waals surface area contributed by atoms with Crippen LogP contribution in [0.4, 0.5) is 11.4 Å². The third-order valence-electron chi connectivity index (χ3n) is 2.55. The first kappa shape index (κ1) is 11.2. The van der Waals surface area contributed by atoms with Crippen molar-refractivity contribution in [2.75, 3.05) is 0 Å². The zero-order valence-corrected chi connectivity index (χ0v) is 9.10. The van der Waals surface area contributed by atoms with Crippen molar-refractivity contribution in [3.8, 4) is 12.1 Å². The lowest BCUT2D eigenvalue weighted by Crippen LogP contribution is -1.81. The Labute approximate surface area is 104 Å². The Morgan fingerprint density at radius 2 is 1.17 bits per heavy atom. The Morgan fingerprint density at radius 3 is 1.50 bits per heavy atom. The number of hydrogen-bond donors (Lipinski definition) is 0. The third kappa shape index (κ3) is 1.61. The molecule has 0 radical (unpaired) electrons. The van der Waals surface area contributed by atoms with Crippen LogP contribution in [-0.2, 0) is 0 Å². The normalized spacial score (nSPS) is 8.89. The maximum atomic E-state index is 8.93. The van der Waals surface area contributed by atoms with Crippen molar-refractivity contribution < 1.29 is 0 Å². The molecular weight excluding hydrogens is 224 g/mol. The van der Waals surface area contributed by atoms with Crippen LogP contribution in [0.5, 0.6) is 0 Å². The highest BCUT2D eigenvalue weighted by atomic mass is 14.7. The van der Waals surface area contributed by atoms with E-state index in [1.807, 2.05) is 12.1 Å². The molecule has 0 aliphatic heterocycles. The van der Waals surface area contributed by atoms with Crippen molar-refractivity contribution in [2.45, 2.75) is 0 Å². The molecule has 2 aromatic rings. The molecule has 0 aliphatic rings. The molecule has 2 rings (SSSR count). The highest BCUT2D eigenvalue weighted by Gasteiger charge is 2.08. The number of fused-ring (bicyclic) bond motifs is 1. The molecule has 0 amide bonds. The average Bonchev–Trinajstić information content (AvgIpc) is 2.43. The molecule has 0 unspecified atom stereocenters. The van der Waals surface area contributed by atoms with Crippen LogP contribution >= 0.6 is 0 Å². The predicted octanol–water partition coefficient (Wildman–Crippen LogP) is 3.68. The van der Waals surface area contributed by atoms with Gasteiger partial charge in [0.1, 0.15) is 0 Å². The molecule has 0 atom stereocenters.